The highest BCUT2D eigenvalue weighted by molar-refractivity contribution is 5.67. The molecule has 0 spiro atoms. The summed E-state index contributed by atoms with van der Waals surface area (Å²) in [6.07, 6.45) is -0.389. The predicted molar refractivity (Wildman–Crippen MR) is 78.6 cm³/mol. The van der Waals surface area contributed by atoms with Gasteiger partial charge in [-0.05, 0) is 16.5 Å². The van der Waals surface area contributed by atoms with Crippen LogP contribution in [0.15, 0.2) is 24.3 Å². The minimum atomic E-state index is -0.389. The van der Waals surface area contributed by atoms with Crippen molar-refractivity contribution in [3.8, 4) is 0 Å². The number of amides is 1. The van der Waals surface area contributed by atoms with Crippen LogP contribution in [-0.4, -0.2) is 19.7 Å². The maximum absolute atomic E-state index is 11.1. The topological polar surface area (TPSA) is 38.3 Å². The molecule has 106 valence electrons. The van der Waals surface area contributed by atoms with Crippen LogP contribution >= 0.6 is 0 Å². The first-order chi connectivity index (χ1) is 8.66. The van der Waals surface area contributed by atoms with Gasteiger partial charge in [-0.2, -0.15) is 0 Å². The molecule has 0 unspecified atom stereocenters. The van der Waals surface area contributed by atoms with E-state index < -0.39 is 0 Å². The second kappa shape index (κ2) is 5.64. The van der Waals surface area contributed by atoms with E-state index in [4.69, 9.17) is 0 Å². The van der Waals surface area contributed by atoms with Gasteiger partial charge in [0.15, 0.2) is 0 Å². The van der Waals surface area contributed by atoms with Gasteiger partial charge in [-0.3, -0.25) is 0 Å². The molecular formula is C16H25NO2. The molecule has 3 nitrogen and oxygen atoms in total. The number of carbonyl (C=O) groups is 1. The fourth-order valence-electron chi connectivity index (χ4n) is 1.89. The van der Waals surface area contributed by atoms with Crippen LogP contribution in [0, 0.1) is 0 Å². The molecule has 0 aliphatic carbocycles. The Balaban J connectivity index is 2.81. The smallest absolute Gasteiger partial charge is 0.406 e. The van der Waals surface area contributed by atoms with Crippen LogP contribution in [0.4, 0.5) is 4.79 Å². The summed E-state index contributed by atoms with van der Waals surface area (Å²) >= 11 is 0. The number of alkyl carbamates (subject to hydrolysis) is 1. The number of ether oxygens (including phenoxy) is 1. The molecule has 1 aromatic carbocycles. The number of nitrogens with one attached hydrogen (secondary N) is 1. The van der Waals surface area contributed by atoms with Gasteiger partial charge in [0.1, 0.15) is 0 Å². The number of rotatable bonds is 3. The Morgan fingerprint density at radius 1 is 1.05 bits per heavy atom. The number of benzene rings is 1. The molecule has 0 aromatic heterocycles. The zero-order valence-electron chi connectivity index (χ0n) is 12.8. The molecule has 0 aliphatic rings. The normalized spacial score (nSPS) is 12.1. The molecular weight excluding hydrogens is 238 g/mol. The number of methoxy groups -OCH3 is 1. The van der Waals surface area contributed by atoms with Crippen LogP contribution in [0.2, 0.25) is 0 Å². The average molecular weight is 263 g/mol. The fourth-order valence-corrected chi connectivity index (χ4v) is 1.89. The van der Waals surface area contributed by atoms with Crippen molar-refractivity contribution in [1.82, 2.24) is 5.32 Å². The van der Waals surface area contributed by atoms with Crippen LogP contribution < -0.4 is 5.32 Å². The van der Waals surface area contributed by atoms with Crippen molar-refractivity contribution in [2.75, 3.05) is 13.7 Å². The highest BCUT2D eigenvalue weighted by Crippen LogP contribution is 2.27. The molecule has 0 bridgehead atoms. The van der Waals surface area contributed by atoms with E-state index in [0.29, 0.717) is 6.54 Å². The molecule has 0 heterocycles. The van der Waals surface area contributed by atoms with Crippen molar-refractivity contribution < 1.29 is 9.53 Å². The summed E-state index contributed by atoms with van der Waals surface area (Å²) in [5, 5.41) is 2.75. The zero-order valence-corrected chi connectivity index (χ0v) is 12.8. The first-order valence-corrected chi connectivity index (χ1v) is 6.59. The van der Waals surface area contributed by atoms with E-state index >= 15 is 0 Å². The standard InChI is InChI=1S/C16H25NO2/c1-15(2,3)12-7-9-13(10-8-12)16(4,5)11-17-14(18)19-6/h7-10H,11H2,1-6H3,(H,17,18). The van der Waals surface area contributed by atoms with Crippen molar-refractivity contribution in [2.45, 2.75) is 45.4 Å². The predicted octanol–water partition coefficient (Wildman–Crippen LogP) is 3.62. The van der Waals surface area contributed by atoms with Gasteiger partial charge in [-0.15, -0.1) is 0 Å². The first-order valence-electron chi connectivity index (χ1n) is 6.59. The Bertz CT molecular complexity index is 427. The summed E-state index contributed by atoms with van der Waals surface area (Å²) in [5.41, 5.74) is 2.56. The van der Waals surface area contributed by atoms with Gasteiger partial charge in [0, 0.05) is 12.0 Å². The first kappa shape index (κ1) is 15.5. The van der Waals surface area contributed by atoms with Gasteiger partial charge >= 0.3 is 6.09 Å². The lowest BCUT2D eigenvalue weighted by Gasteiger charge is -2.27. The molecule has 0 radical (unpaired) electrons. The van der Waals surface area contributed by atoms with Crippen LogP contribution in [0.5, 0.6) is 0 Å². The van der Waals surface area contributed by atoms with Gasteiger partial charge < -0.3 is 10.1 Å². The third-order valence-electron chi connectivity index (χ3n) is 3.39. The molecule has 0 saturated carbocycles. The van der Waals surface area contributed by atoms with E-state index in [1.807, 2.05) is 0 Å². The Morgan fingerprint density at radius 2 is 1.53 bits per heavy atom. The molecule has 0 fully saturated rings. The number of carbonyl (C=O) groups excluding carboxylic acids is 1. The fraction of sp³-hybridized carbons (Fsp3) is 0.562. The van der Waals surface area contributed by atoms with E-state index in [2.05, 4.69) is 68.9 Å². The highest BCUT2D eigenvalue weighted by Gasteiger charge is 2.22. The third kappa shape index (κ3) is 4.27. The van der Waals surface area contributed by atoms with Gasteiger partial charge in [0.05, 0.1) is 7.11 Å². The van der Waals surface area contributed by atoms with Crippen molar-refractivity contribution >= 4 is 6.09 Å². The lowest BCUT2D eigenvalue weighted by Crippen LogP contribution is -2.36. The Morgan fingerprint density at radius 3 is 1.95 bits per heavy atom. The molecule has 1 amide bonds. The molecule has 19 heavy (non-hydrogen) atoms. The average Bonchev–Trinajstić information content (AvgIpc) is 2.35. The van der Waals surface area contributed by atoms with Crippen molar-refractivity contribution in [1.29, 1.82) is 0 Å². The second-order valence-electron chi connectivity index (χ2n) is 6.56. The summed E-state index contributed by atoms with van der Waals surface area (Å²) < 4.78 is 4.60. The zero-order chi connectivity index (χ0) is 14.7. The van der Waals surface area contributed by atoms with Crippen molar-refractivity contribution in [2.24, 2.45) is 0 Å². The SMILES string of the molecule is COC(=O)NCC(C)(C)c1ccc(C(C)(C)C)cc1. The molecule has 0 atom stereocenters. The molecule has 1 aromatic rings. The number of hydrogen-bond donors (Lipinski definition) is 1. The maximum Gasteiger partial charge on any atom is 0.406 e. The quantitative estimate of drug-likeness (QED) is 0.904. The highest BCUT2D eigenvalue weighted by atomic mass is 16.5. The summed E-state index contributed by atoms with van der Waals surface area (Å²) in [6, 6.07) is 8.60. The number of hydrogen-bond acceptors (Lipinski definition) is 2. The Labute approximate surface area is 116 Å². The monoisotopic (exact) mass is 263 g/mol. The Kier molecular flexibility index (Phi) is 4.61. The maximum atomic E-state index is 11.1. The van der Waals surface area contributed by atoms with E-state index in [9.17, 15) is 4.79 Å². The minimum absolute atomic E-state index is 0.120. The molecule has 1 N–H and O–H groups in total. The van der Waals surface area contributed by atoms with Crippen molar-refractivity contribution in [3.63, 3.8) is 0 Å². The third-order valence-corrected chi connectivity index (χ3v) is 3.39. The Hall–Kier alpha value is -1.51. The van der Waals surface area contributed by atoms with Crippen LogP contribution in [0.25, 0.3) is 0 Å². The van der Waals surface area contributed by atoms with Gasteiger partial charge in [0.25, 0.3) is 0 Å². The van der Waals surface area contributed by atoms with Gasteiger partial charge in [-0.25, -0.2) is 4.79 Å². The summed E-state index contributed by atoms with van der Waals surface area (Å²) in [5.74, 6) is 0. The van der Waals surface area contributed by atoms with E-state index in [0.717, 1.165) is 0 Å². The summed E-state index contributed by atoms with van der Waals surface area (Å²) in [4.78, 5) is 11.1. The largest absolute Gasteiger partial charge is 0.453 e. The molecule has 1 rings (SSSR count). The minimum Gasteiger partial charge on any atom is -0.453 e. The van der Waals surface area contributed by atoms with Crippen molar-refractivity contribution in [3.05, 3.63) is 35.4 Å². The molecule has 3 heteroatoms. The van der Waals surface area contributed by atoms with E-state index in [-0.39, 0.29) is 16.9 Å². The van der Waals surface area contributed by atoms with Gasteiger partial charge in [0.2, 0.25) is 0 Å². The molecule has 0 saturated heterocycles. The molecule has 0 aliphatic heterocycles. The lowest BCUT2D eigenvalue weighted by atomic mass is 9.81. The summed E-state index contributed by atoms with van der Waals surface area (Å²) in [7, 11) is 1.38. The second-order valence-corrected chi connectivity index (χ2v) is 6.56. The van der Waals surface area contributed by atoms with E-state index in [1.165, 1.54) is 18.2 Å². The van der Waals surface area contributed by atoms with Crippen LogP contribution in [0.1, 0.15) is 45.7 Å². The summed E-state index contributed by atoms with van der Waals surface area (Å²) in [6.45, 7) is 11.4. The van der Waals surface area contributed by atoms with Gasteiger partial charge in [-0.1, -0.05) is 58.9 Å². The lowest BCUT2D eigenvalue weighted by molar-refractivity contribution is 0.168. The van der Waals surface area contributed by atoms with Crippen LogP contribution in [0.3, 0.4) is 0 Å². The van der Waals surface area contributed by atoms with E-state index in [1.54, 1.807) is 0 Å². The van der Waals surface area contributed by atoms with Crippen LogP contribution in [-0.2, 0) is 15.6 Å².